The summed E-state index contributed by atoms with van der Waals surface area (Å²) in [7, 11) is 0. The highest BCUT2D eigenvalue weighted by Crippen LogP contribution is 2.07. The van der Waals surface area contributed by atoms with Crippen molar-refractivity contribution < 1.29 is 14.7 Å². The van der Waals surface area contributed by atoms with Gasteiger partial charge in [0.25, 0.3) is 5.91 Å². The summed E-state index contributed by atoms with van der Waals surface area (Å²) in [6.45, 7) is 1.65. The lowest BCUT2D eigenvalue weighted by molar-refractivity contribution is -0.143. The van der Waals surface area contributed by atoms with E-state index < -0.39 is 17.8 Å². The number of amides is 1. The minimum atomic E-state index is -1.15. The highest BCUT2D eigenvalue weighted by Gasteiger charge is 2.24. The molecule has 0 aromatic rings. The van der Waals surface area contributed by atoms with E-state index in [1.807, 2.05) is 0 Å². The first kappa shape index (κ1) is 7.65. The molecule has 0 spiro atoms. The van der Waals surface area contributed by atoms with Crippen LogP contribution >= 0.6 is 0 Å². The maximum absolute atomic E-state index is 10.8. The Hall–Kier alpha value is -1.45. The number of aliphatic carboxylic acids is 1. The van der Waals surface area contributed by atoms with Crippen LogP contribution in [0, 0.1) is 5.92 Å². The van der Waals surface area contributed by atoms with Gasteiger partial charge in [-0.1, -0.05) is 6.08 Å². The number of aliphatic imine (C=N–C) groups is 1. The summed E-state index contributed by atoms with van der Waals surface area (Å²) in [4.78, 5) is 24.7. The van der Waals surface area contributed by atoms with E-state index in [0.29, 0.717) is 5.71 Å². The fourth-order valence-electron chi connectivity index (χ4n) is 0.786. The second-order valence-corrected chi connectivity index (χ2v) is 2.27. The van der Waals surface area contributed by atoms with Crippen LogP contribution in [0.15, 0.2) is 17.1 Å². The lowest BCUT2D eigenvalue weighted by Gasteiger charge is -2.06. The summed E-state index contributed by atoms with van der Waals surface area (Å²) < 4.78 is 0. The van der Waals surface area contributed by atoms with Gasteiger partial charge in [0.15, 0.2) is 5.92 Å². The third-order valence-electron chi connectivity index (χ3n) is 1.35. The summed E-state index contributed by atoms with van der Waals surface area (Å²) in [5, 5.41) is 8.45. The molecule has 1 aliphatic heterocycles. The number of carboxylic acid groups (broad SMARTS) is 1. The number of hydrogen-bond acceptors (Lipinski definition) is 2. The second kappa shape index (κ2) is 2.65. The molecule has 1 rings (SSSR count). The monoisotopic (exact) mass is 153 g/mol. The van der Waals surface area contributed by atoms with Crippen LogP contribution in [0.25, 0.3) is 0 Å². The van der Waals surface area contributed by atoms with Gasteiger partial charge in [0.05, 0.1) is 0 Å². The summed E-state index contributed by atoms with van der Waals surface area (Å²) in [6.07, 6.45) is 2.87. The van der Waals surface area contributed by atoms with Crippen LogP contribution in [0.3, 0.4) is 0 Å². The molecule has 1 atom stereocenters. The summed E-state index contributed by atoms with van der Waals surface area (Å²) in [5.41, 5.74) is 0.549. The van der Waals surface area contributed by atoms with Crippen molar-refractivity contribution in [3.63, 3.8) is 0 Å². The molecule has 11 heavy (non-hydrogen) atoms. The zero-order valence-corrected chi connectivity index (χ0v) is 5.94. The molecule has 0 bridgehead atoms. The Morgan fingerprint density at radius 2 is 2.36 bits per heavy atom. The molecule has 0 saturated carbocycles. The van der Waals surface area contributed by atoms with Gasteiger partial charge in [0, 0.05) is 5.71 Å². The molecule has 1 aliphatic rings. The van der Waals surface area contributed by atoms with Crippen molar-refractivity contribution in [3.8, 4) is 0 Å². The lowest BCUT2D eigenvalue weighted by Crippen LogP contribution is -2.23. The molecule has 1 N–H and O–H groups in total. The number of carboxylic acids is 1. The van der Waals surface area contributed by atoms with Crippen molar-refractivity contribution in [2.75, 3.05) is 0 Å². The van der Waals surface area contributed by atoms with Gasteiger partial charge < -0.3 is 5.11 Å². The first-order chi connectivity index (χ1) is 5.11. The van der Waals surface area contributed by atoms with Gasteiger partial charge in [0.2, 0.25) is 0 Å². The lowest BCUT2D eigenvalue weighted by atomic mass is 10.1. The first-order valence-corrected chi connectivity index (χ1v) is 3.11. The van der Waals surface area contributed by atoms with Gasteiger partial charge in [0.1, 0.15) is 0 Å². The van der Waals surface area contributed by atoms with Crippen LogP contribution in [-0.4, -0.2) is 22.7 Å². The molecule has 0 aliphatic carbocycles. The maximum atomic E-state index is 10.8. The van der Waals surface area contributed by atoms with Crippen molar-refractivity contribution >= 4 is 17.6 Å². The van der Waals surface area contributed by atoms with Crippen molar-refractivity contribution in [1.29, 1.82) is 0 Å². The van der Waals surface area contributed by atoms with Gasteiger partial charge in [-0.2, -0.15) is 0 Å². The van der Waals surface area contributed by atoms with Crippen molar-refractivity contribution in [2.45, 2.75) is 6.92 Å². The molecule has 0 fully saturated rings. The van der Waals surface area contributed by atoms with E-state index in [-0.39, 0.29) is 0 Å². The number of rotatable bonds is 1. The van der Waals surface area contributed by atoms with Gasteiger partial charge in [-0.15, -0.1) is 0 Å². The Labute approximate surface area is 63.2 Å². The Bertz CT molecular complexity index is 265. The van der Waals surface area contributed by atoms with Gasteiger partial charge in [-0.3, -0.25) is 9.59 Å². The van der Waals surface area contributed by atoms with Crippen LogP contribution in [0.1, 0.15) is 6.92 Å². The van der Waals surface area contributed by atoms with E-state index in [9.17, 15) is 9.59 Å². The predicted molar refractivity (Wildman–Crippen MR) is 38.4 cm³/mol. The Morgan fingerprint density at radius 1 is 1.73 bits per heavy atom. The zero-order chi connectivity index (χ0) is 8.43. The quantitative estimate of drug-likeness (QED) is 0.549. The highest BCUT2D eigenvalue weighted by molar-refractivity contribution is 6.10. The number of carbonyl (C=O) groups is 2. The van der Waals surface area contributed by atoms with Crippen molar-refractivity contribution in [1.82, 2.24) is 0 Å². The average molecular weight is 153 g/mol. The van der Waals surface area contributed by atoms with Crippen LogP contribution in [0.4, 0.5) is 0 Å². The van der Waals surface area contributed by atoms with E-state index >= 15 is 0 Å². The molecule has 4 nitrogen and oxygen atoms in total. The fourth-order valence-corrected chi connectivity index (χ4v) is 0.786. The minimum absolute atomic E-state index is 0.549. The predicted octanol–water partition coefficient (Wildman–Crippen LogP) is 0.244. The number of hydrogen-bond donors (Lipinski definition) is 1. The molecular weight excluding hydrogens is 146 g/mol. The number of allylic oxidation sites excluding steroid dienone is 1. The van der Waals surface area contributed by atoms with E-state index in [2.05, 4.69) is 4.99 Å². The molecule has 0 saturated heterocycles. The summed E-state index contributed by atoms with van der Waals surface area (Å²) in [6, 6.07) is 0. The van der Waals surface area contributed by atoms with E-state index in [1.165, 1.54) is 12.2 Å². The van der Waals surface area contributed by atoms with E-state index in [1.54, 1.807) is 6.92 Å². The second-order valence-electron chi connectivity index (χ2n) is 2.27. The van der Waals surface area contributed by atoms with Gasteiger partial charge >= 0.3 is 5.97 Å². The molecule has 0 aromatic heterocycles. The third kappa shape index (κ3) is 1.52. The maximum Gasteiger partial charge on any atom is 0.320 e. The number of dihydropyridines is 1. The fraction of sp³-hybridized carbons (Fsp3) is 0.286. The SMILES string of the molecule is CC1=NC(=O)[C@@H](C(=O)O)C=C1. The molecule has 0 unspecified atom stereocenters. The minimum Gasteiger partial charge on any atom is -0.480 e. The average Bonchev–Trinajstić information content (AvgIpc) is 1.85. The summed E-state index contributed by atoms with van der Waals surface area (Å²) in [5.74, 6) is -2.83. The smallest absolute Gasteiger partial charge is 0.320 e. The normalized spacial score (nSPS) is 23.2. The molecule has 0 radical (unpaired) electrons. The largest absolute Gasteiger partial charge is 0.480 e. The molecule has 1 amide bonds. The standard InChI is InChI=1S/C7H7NO3/c1-4-2-3-5(7(10)11)6(9)8-4/h2-3,5H,1H3,(H,10,11)/t5-/m0/s1. The number of carbonyl (C=O) groups excluding carboxylic acids is 1. The topological polar surface area (TPSA) is 66.7 Å². The molecule has 1 heterocycles. The third-order valence-corrected chi connectivity index (χ3v) is 1.35. The van der Waals surface area contributed by atoms with Crippen molar-refractivity contribution in [3.05, 3.63) is 12.2 Å². The molecular formula is C7H7NO3. The van der Waals surface area contributed by atoms with Gasteiger partial charge in [-0.05, 0) is 13.0 Å². The molecule has 58 valence electrons. The van der Waals surface area contributed by atoms with Crippen LogP contribution in [0.5, 0.6) is 0 Å². The Morgan fingerprint density at radius 3 is 2.82 bits per heavy atom. The van der Waals surface area contributed by atoms with Crippen LogP contribution in [-0.2, 0) is 9.59 Å². The summed E-state index contributed by atoms with van der Waals surface area (Å²) >= 11 is 0. The Balaban J connectivity index is 2.86. The Kier molecular flexibility index (Phi) is 1.85. The highest BCUT2D eigenvalue weighted by atomic mass is 16.4. The molecule has 0 aromatic carbocycles. The molecule has 4 heteroatoms. The van der Waals surface area contributed by atoms with Crippen LogP contribution in [0.2, 0.25) is 0 Å². The van der Waals surface area contributed by atoms with Crippen molar-refractivity contribution in [2.24, 2.45) is 10.9 Å². The van der Waals surface area contributed by atoms with E-state index in [4.69, 9.17) is 5.11 Å². The number of nitrogens with zero attached hydrogens (tertiary/aromatic N) is 1. The van der Waals surface area contributed by atoms with Crippen LogP contribution < -0.4 is 0 Å². The van der Waals surface area contributed by atoms with E-state index in [0.717, 1.165) is 0 Å². The van der Waals surface area contributed by atoms with Gasteiger partial charge in [-0.25, -0.2) is 4.99 Å². The first-order valence-electron chi connectivity index (χ1n) is 3.11. The zero-order valence-electron chi connectivity index (χ0n) is 5.94.